The van der Waals surface area contributed by atoms with Crippen molar-refractivity contribution in [1.82, 2.24) is 5.16 Å². The summed E-state index contributed by atoms with van der Waals surface area (Å²) in [5.41, 5.74) is 0.782. The van der Waals surface area contributed by atoms with Gasteiger partial charge in [-0.05, 0) is 45.0 Å². The van der Waals surface area contributed by atoms with Gasteiger partial charge in [0.25, 0.3) is 11.8 Å². The summed E-state index contributed by atoms with van der Waals surface area (Å²) in [6.45, 7) is 5.29. The van der Waals surface area contributed by atoms with Gasteiger partial charge in [-0.3, -0.25) is 14.9 Å². The number of anilines is 2. The number of imide groups is 1. The summed E-state index contributed by atoms with van der Waals surface area (Å²) in [7, 11) is 0. The lowest BCUT2D eigenvalue weighted by Gasteiger charge is -2.19. The summed E-state index contributed by atoms with van der Waals surface area (Å²) in [4.78, 5) is 38.2. The van der Waals surface area contributed by atoms with Gasteiger partial charge in [0, 0.05) is 11.8 Å². The molecule has 8 nitrogen and oxygen atoms in total. The van der Waals surface area contributed by atoms with E-state index < -0.39 is 23.5 Å². The smallest absolute Gasteiger partial charge is 0.412 e. The molecule has 2 aromatic carbocycles. The highest BCUT2D eigenvalue weighted by Crippen LogP contribution is 2.34. The first-order valence-electron chi connectivity index (χ1n) is 8.62. The van der Waals surface area contributed by atoms with E-state index in [1.165, 1.54) is 0 Å². The molecule has 8 heteroatoms. The molecule has 0 saturated heterocycles. The number of amides is 3. The predicted molar refractivity (Wildman–Crippen MR) is 101 cm³/mol. The van der Waals surface area contributed by atoms with Crippen LogP contribution in [0.25, 0.3) is 11.0 Å². The third-order valence-corrected chi connectivity index (χ3v) is 4.10. The number of nitrogens with one attached hydrogen (secondary N) is 1. The lowest BCUT2D eigenvalue weighted by atomic mass is 10.1. The molecule has 0 fully saturated rings. The Balaban J connectivity index is 1.64. The average Bonchev–Trinajstić information content (AvgIpc) is 3.13. The van der Waals surface area contributed by atoms with Crippen molar-refractivity contribution in [1.29, 1.82) is 0 Å². The average molecular weight is 379 g/mol. The molecule has 3 amide bonds. The summed E-state index contributed by atoms with van der Waals surface area (Å²) < 4.78 is 10.5. The van der Waals surface area contributed by atoms with E-state index in [0.717, 1.165) is 4.90 Å². The highest BCUT2D eigenvalue weighted by Gasteiger charge is 2.39. The molecule has 0 atom stereocenters. The number of fused-ring (bicyclic) bond motifs is 2. The molecule has 1 N–H and O–H groups in total. The van der Waals surface area contributed by atoms with Gasteiger partial charge in [-0.1, -0.05) is 17.3 Å². The van der Waals surface area contributed by atoms with E-state index in [2.05, 4.69) is 10.5 Å². The van der Waals surface area contributed by atoms with Crippen LogP contribution in [0.15, 0.2) is 47.0 Å². The second-order valence-electron chi connectivity index (χ2n) is 7.34. The Labute approximate surface area is 160 Å². The summed E-state index contributed by atoms with van der Waals surface area (Å²) in [6, 6.07) is 11.4. The van der Waals surface area contributed by atoms with E-state index in [9.17, 15) is 14.4 Å². The largest absolute Gasteiger partial charge is 0.444 e. The van der Waals surface area contributed by atoms with Gasteiger partial charge in [0.2, 0.25) is 0 Å². The van der Waals surface area contributed by atoms with Crippen LogP contribution in [0.1, 0.15) is 41.5 Å². The lowest BCUT2D eigenvalue weighted by Crippen LogP contribution is -2.29. The zero-order valence-electron chi connectivity index (χ0n) is 15.5. The number of carbonyl (C=O) groups excluding carboxylic acids is 3. The Bertz CT molecular complexity index is 1090. The third-order valence-electron chi connectivity index (χ3n) is 4.10. The number of nitrogens with zero attached hydrogens (tertiary/aromatic N) is 2. The number of aromatic nitrogens is 1. The van der Waals surface area contributed by atoms with Crippen LogP contribution in [0.4, 0.5) is 16.3 Å². The van der Waals surface area contributed by atoms with Crippen LogP contribution in [0.2, 0.25) is 0 Å². The molecule has 0 saturated carbocycles. The maximum atomic E-state index is 12.6. The van der Waals surface area contributed by atoms with Crippen molar-refractivity contribution < 1.29 is 23.6 Å². The number of rotatable bonds is 2. The molecule has 0 radical (unpaired) electrons. The van der Waals surface area contributed by atoms with E-state index >= 15 is 0 Å². The van der Waals surface area contributed by atoms with Crippen molar-refractivity contribution in [3.05, 3.63) is 53.6 Å². The first-order chi connectivity index (χ1) is 13.2. The van der Waals surface area contributed by atoms with E-state index in [4.69, 9.17) is 9.26 Å². The van der Waals surface area contributed by atoms with E-state index in [1.54, 1.807) is 63.2 Å². The fourth-order valence-corrected chi connectivity index (χ4v) is 2.97. The van der Waals surface area contributed by atoms with Crippen LogP contribution >= 0.6 is 0 Å². The maximum absolute atomic E-state index is 12.6. The van der Waals surface area contributed by atoms with E-state index in [-0.39, 0.29) is 5.82 Å². The van der Waals surface area contributed by atoms with Crippen molar-refractivity contribution >= 4 is 40.4 Å². The van der Waals surface area contributed by atoms with Gasteiger partial charge >= 0.3 is 6.09 Å². The van der Waals surface area contributed by atoms with Crippen LogP contribution in [-0.4, -0.2) is 28.7 Å². The fraction of sp³-hybridized carbons (Fsp3) is 0.200. The molecule has 0 unspecified atom stereocenters. The normalized spacial score (nSPS) is 13.8. The summed E-state index contributed by atoms with van der Waals surface area (Å²) >= 11 is 0. The van der Waals surface area contributed by atoms with Gasteiger partial charge in [-0.25, -0.2) is 9.69 Å². The zero-order chi connectivity index (χ0) is 20.1. The fourth-order valence-electron chi connectivity index (χ4n) is 2.97. The SMILES string of the molecule is CC(C)(C)OC(=O)Nc1ccc2c(N3C(=O)c4ccccc4C3=O)noc2c1. The first-order valence-corrected chi connectivity index (χ1v) is 8.62. The third kappa shape index (κ3) is 2.98. The minimum absolute atomic E-state index is 0.116. The lowest BCUT2D eigenvalue weighted by molar-refractivity contribution is 0.0635. The molecule has 1 aromatic heterocycles. The van der Waals surface area contributed by atoms with Crippen LogP contribution in [0.3, 0.4) is 0 Å². The summed E-state index contributed by atoms with van der Waals surface area (Å²) in [5.74, 6) is -0.788. The Morgan fingerprint density at radius 3 is 2.32 bits per heavy atom. The molecule has 3 aromatic rings. The monoisotopic (exact) mass is 379 g/mol. The molecule has 142 valence electrons. The molecule has 0 bridgehead atoms. The Morgan fingerprint density at radius 1 is 1.07 bits per heavy atom. The van der Waals surface area contributed by atoms with Crippen LogP contribution in [-0.2, 0) is 4.74 Å². The Hall–Kier alpha value is -3.68. The quantitative estimate of drug-likeness (QED) is 0.676. The van der Waals surface area contributed by atoms with Gasteiger partial charge in [-0.2, -0.15) is 0 Å². The predicted octanol–water partition coefficient (Wildman–Crippen LogP) is 3.98. The molecule has 4 rings (SSSR count). The molecule has 0 spiro atoms. The molecule has 0 aliphatic carbocycles. The number of benzene rings is 2. The molecule has 1 aliphatic heterocycles. The van der Waals surface area contributed by atoms with Crippen molar-refractivity contribution in [2.24, 2.45) is 0 Å². The molecule has 28 heavy (non-hydrogen) atoms. The van der Waals surface area contributed by atoms with Gasteiger partial charge in [-0.15, -0.1) is 0 Å². The first kappa shape index (κ1) is 17.7. The second kappa shape index (κ2) is 6.19. The van der Waals surface area contributed by atoms with Crippen LogP contribution in [0.5, 0.6) is 0 Å². The maximum Gasteiger partial charge on any atom is 0.412 e. The number of ether oxygens (including phenoxy) is 1. The van der Waals surface area contributed by atoms with Crippen molar-refractivity contribution in [2.75, 3.05) is 10.2 Å². The second-order valence-corrected chi connectivity index (χ2v) is 7.34. The minimum Gasteiger partial charge on any atom is -0.444 e. The van der Waals surface area contributed by atoms with Gasteiger partial charge in [0.05, 0.1) is 16.5 Å². The number of hydrogen-bond donors (Lipinski definition) is 1. The number of hydrogen-bond acceptors (Lipinski definition) is 6. The van der Waals surface area contributed by atoms with Crippen molar-refractivity contribution in [2.45, 2.75) is 26.4 Å². The van der Waals surface area contributed by atoms with Gasteiger partial charge in [0.1, 0.15) is 5.60 Å². The van der Waals surface area contributed by atoms with Gasteiger partial charge < -0.3 is 9.26 Å². The van der Waals surface area contributed by atoms with E-state index in [1.807, 2.05) is 0 Å². The molecular weight excluding hydrogens is 362 g/mol. The standard InChI is InChI=1S/C20H17N3O5/c1-20(2,3)27-19(26)21-11-8-9-14-15(10-11)28-22-16(14)23-17(24)12-6-4-5-7-13(12)18(23)25/h4-10H,1-3H3,(H,21,26). The summed E-state index contributed by atoms with van der Waals surface area (Å²) in [5, 5.41) is 6.99. The van der Waals surface area contributed by atoms with Crippen LogP contribution in [0, 0.1) is 0 Å². The molecule has 1 aliphatic rings. The Kier molecular flexibility index (Phi) is 3.92. The van der Waals surface area contributed by atoms with Crippen LogP contribution < -0.4 is 10.2 Å². The van der Waals surface area contributed by atoms with Crippen molar-refractivity contribution in [3.63, 3.8) is 0 Å². The topological polar surface area (TPSA) is 102 Å². The molecule has 2 heterocycles. The van der Waals surface area contributed by atoms with Crippen molar-refractivity contribution in [3.8, 4) is 0 Å². The Morgan fingerprint density at radius 2 is 1.71 bits per heavy atom. The van der Waals surface area contributed by atoms with E-state index in [0.29, 0.717) is 27.8 Å². The molecular formula is C20H17N3O5. The minimum atomic E-state index is -0.626. The summed E-state index contributed by atoms with van der Waals surface area (Å²) in [6.07, 6.45) is -0.605. The highest BCUT2D eigenvalue weighted by molar-refractivity contribution is 6.35. The highest BCUT2D eigenvalue weighted by atomic mass is 16.6. The van der Waals surface area contributed by atoms with Gasteiger partial charge in [0.15, 0.2) is 11.4 Å². The zero-order valence-corrected chi connectivity index (χ0v) is 15.5. The number of carbonyl (C=O) groups is 3.